The molecule has 2 rings (SSSR count). The monoisotopic (exact) mass is 244 g/mol. The van der Waals surface area contributed by atoms with Crippen molar-refractivity contribution in [3.63, 3.8) is 0 Å². The van der Waals surface area contributed by atoms with Gasteiger partial charge in [-0.1, -0.05) is 32.0 Å². The molecular weight excluding hydrogens is 224 g/mol. The predicted octanol–water partition coefficient (Wildman–Crippen LogP) is 3.32. The SMILES string of the molecule is COCC(Nc1ccnc2ccccc12)C(C)C. The van der Waals surface area contributed by atoms with Crippen LogP contribution in [0.25, 0.3) is 10.9 Å². The highest BCUT2D eigenvalue weighted by molar-refractivity contribution is 5.90. The van der Waals surface area contributed by atoms with Gasteiger partial charge in [0.1, 0.15) is 0 Å². The zero-order chi connectivity index (χ0) is 13.0. The first-order valence-corrected chi connectivity index (χ1v) is 6.31. The minimum Gasteiger partial charge on any atom is -0.383 e. The summed E-state index contributed by atoms with van der Waals surface area (Å²) in [6.07, 6.45) is 1.84. The van der Waals surface area contributed by atoms with E-state index in [1.54, 1.807) is 7.11 Å². The summed E-state index contributed by atoms with van der Waals surface area (Å²) in [7, 11) is 1.74. The van der Waals surface area contributed by atoms with Crippen LogP contribution in [0.1, 0.15) is 13.8 Å². The van der Waals surface area contributed by atoms with E-state index in [1.165, 1.54) is 0 Å². The van der Waals surface area contributed by atoms with Crippen LogP contribution in [0, 0.1) is 5.92 Å². The highest BCUT2D eigenvalue weighted by Crippen LogP contribution is 2.23. The number of para-hydroxylation sites is 1. The number of hydrogen-bond donors (Lipinski definition) is 1. The van der Waals surface area contributed by atoms with Crippen molar-refractivity contribution in [1.29, 1.82) is 0 Å². The van der Waals surface area contributed by atoms with Crippen molar-refractivity contribution in [2.24, 2.45) is 5.92 Å². The van der Waals surface area contributed by atoms with E-state index in [-0.39, 0.29) is 0 Å². The molecule has 1 atom stereocenters. The zero-order valence-electron chi connectivity index (χ0n) is 11.2. The van der Waals surface area contributed by atoms with Crippen molar-refractivity contribution < 1.29 is 4.74 Å². The van der Waals surface area contributed by atoms with Gasteiger partial charge in [0.25, 0.3) is 0 Å². The Morgan fingerprint density at radius 1 is 1.22 bits per heavy atom. The first-order valence-electron chi connectivity index (χ1n) is 6.31. The van der Waals surface area contributed by atoms with Crippen LogP contribution in [0.4, 0.5) is 5.69 Å². The summed E-state index contributed by atoms with van der Waals surface area (Å²) in [6.45, 7) is 5.09. The number of anilines is 1. The number of rotatable bonds is 5. The molecule has 0 aliphatic rings. The molecule has 3 nitrogen and oxygen atoms in total. The molecule has 18 heavy (non-hydrogen) atoms. The van der Waals surface area contributed by atoms with E-state index in [4.69, 9.17) is 4.74 Å². The lowest BCUT2D eigenvalue weighted by molar-refractivity contribution is 0.171. The van der Waals surface area contributed by atoms with Crippen LogP contribution in [-0.2, 0) is 4.74 Å². The van der Waals surface area contributed by atoms with Gasteiger partial charge in [-0.3, -0.25) is 4.98 Å². The van der Waals surface area contributed by atoms with E-state index in [2.05, 4.69) is 30.2 Å². The average molecular weight is 244 g/mol. The Kier molecular flexibility index (Phi) is 4.15. The second-order valence-corrected chi connectivity index (χ2v) is 4.83. The normalized spacial score (nSPS) is 12.9. The summed E-state index contributed by atoms with van der Waals surface area (Å²) in [4.78, 5) is 4.37. The first kappa shape index (κ1) is 12.8. The molecule has 0 aliphatic heterocycles. The summed E-state index contributed by atoms with van der Waals surface area (Å²) < 4.78 is 5.27. The minimum atomic E-state index is 0.306. The fraction of sp³-hybridized carbons (Fsp3) is 0.400. The first-order chi connectivity index (χ1) is 8.72. The van der Waals surface area contributed by atoms with Crippen molar-refractivity contribution in [3.05, 3.63) is 36.5 Å². The molecule has 0 saturated carbocycles. The van der Waals surface area contributed by atoms with Crippen molar-refractivity contribution in [2.45, 2.75) is 19.9 Å². The molecule has 0 radical (unpaired) electrons. The number of ether oxygens (including phenoxy) is 1. The highest BCUT2D eigenvalue weighted by Gasteiger charge is 2.13. The second kappa shape index (κ2) is 5.83. The third-order valence-corrected chi connectivity index (χ3v) is 3.14. The number of nitrogens with zero attached hydrogens (tertiary/aromatic N) is 1. The fourth-order valence-electron chi connectivity index (χ4n) is 2.00. The Morgan fingerprint density at radius 3 is 2.72 bits per heavy atom. The molecular formula is C15H20N2O. The summed E-state index contributed by atoms with van der Waals surface area (Å²) in [5, 5.41) is 4.71. The zero-order valence-corrected chi connectivity index (χ0v) is 11.2. The number of methoxy groups -OCH3 is 1. The molecule has 0 spiro atoms. The van der Waals surface area contributed by atoms with Gasteiger partial charge in [0, 0.05) is 24.4 Å². The number of pyridine rings is 1. The van der Waals surface area contributed by atoms with Crippen LogP contribution in [0.3, 0.4) is 0 Å². The maximum Gasteiger partial charge on any atom is 0.0722 e. The minimum absolute atomic E-state index is 0.306. The van der Waals surface area contributed by atoms with Gasteiger partial charge in [-0.2, -0.15) is 0 Å². The molecule has 0 fully saturated rings. The predicted molar refractivity (Wildman–Crippen MR) is 75.9 cm³/mol. The van der Waals surface area contributed by atoms with E-state index < -0.39 is 0 Å². The van der Waals surface area contributed by atoms with Gasteiger partial charge in [0.05, 0.1) is 18.2 Å². The van der Waals surface area contributed by atoms with Gasteiger partial charge >= 0.3 is 0 Å². The number of nitrogens with one attached hydrogen (secondary N) is 1. The fourth-order valence-corrected chi connectivity index (χ4v) is 2.00. The van der Waals surface area contributed by atoms with Crippen LogP contribution in [-0.4, -0.2) is 24.7 Å². The number of fused-ring (bicyclic) bond motifs is 1. The number of aromatic nitrogens is 1. The Balaban J connectivity index is 2.30. The summed E-state index contributed by atoms with van der Waals surface area (Å²) >= 11 is 0. The van der Waals surface area contributed by atoms with Gasteiger partial charge in [-0.25, -0.2) is 0 Å². The molecule has 96 valence electrons. The van der Waals surface area contributed by atoms with Crippen molar-refractivity contribution in [3.8, 4) is 0 Å². The van der Waals surface area contributed by atoms with Gasteiger partial charge in [-0.15, -0.1) is 0 Å². The molecule has 0 bridgehead atoms. The summed E-state index contributed by atoms with van der Waals surface area (Å²) in [5.74, 6) is 0.511. The lowest BCUT2D eigenvalue weighted by Gasteiger charge is -2.23. The molecule has 1 aromatic carbocycles. The lowest BCUT2D eigenvalue weighted by Crippen LogP contribution is -2.30. The molecule has 1 unspecified atom stereocenters. The summed E-state index contributed by atoms with van der Waals surface area (Å²) in [6, 6.07) is 10.5. The molecule has 1 heterocycles. The third-order valence-electron chi connectivity index (χ3n) is 3.14. The Bertz CT molecular complexity index is 505. The molecule has 0 aliphatic carbocycles. The average Bonchev–Trinajstić information content (AvgIpc) is 2.38. The van der Waals surface area contributed by atoms with Crippen molar-refractivity contribution in [2.75, 3.05) is 19.0 Å². The van der Waals surface area contributed by atoms with Crippen LogP contribution in [0.15, 0.2) is 36.5 Å². The van der Waals surface area contributed by atoms with Gasteiger partial charge in [-0.05, 0) is 18.1 Å². The van der Waals surface area contributed by atoms with E-state index in [9.17, 15) is 0 Å². The molecule has 0 saturated heterocycles. The quantitative estimate of drug-likeness (QED) is 0.876. The summed E-state index contributed by atoms with van der Waals surface area (Å²) in [5.41, 5.74) is 2.14. The molecule has 1 aromatic heterocycles. The van der Waals surface area contributed by atoms with E-state index >= 15 is 0 Å². The standard InChI is InChI=1S/C15H20N2O/c1-11(2)15(10-18-3)17-14-8-9-16-13-7-5-4-6-12(13)14/h4-9,11,15H,10H2,1-3H3,(H,16,17). The largest absolute Gasteiger partial charge is 0.383 e. The van der Waals surface area contributed by atoms with Crippen LogP contribution < -0.4 is 5.32 Å². The van der Waals surface area contributed by atoms with Crippen LogP contribution in [0.5, 0.6) is 0 Å². The van der Waals surface area contributed by atoms with E-state index in [0.29, 0.717) is 18.6 Å². The van der Waals surface area contributed by atoms with Crippen molar-refractivity contribution in [1.82, 2.24) is 4.98 Å². The molecule has 2 aromatic rings. The topological polar surface area (TPSA) is 34.1 Å². The van der Waals surface area contributed by atoms with Crippen molar-refractivity contribution >= 4 is 16.6 Å². The third kappa shape index (κ3) is 2.79. The molecule has 1 N–H and O–H groups in total. The highest BCUT2D eigenvalue weighted by atomic mass is 16.5. The van der Waals surface area contributed by atoms with Gasteiger partial charge in [0.2, 0.25) is 0 Å². The smallest absolute Gasteiger partial charge is 0.0722 e. The van der Waals surface area contributed by atoms with Gasteiger partial charge in [0.15, 0.2) is 0 Å². The van der Waals surface area contributed by atoms with Crippen LogP contribution in [0.2, 0.25) is 0 Å². The Labute approximate surface area is 108 Å². The van der Waals surface area contributed by atoms with Gasteiger partial charge < -0.3 is 10.1 Å². The van der Waals surface area contributed by atoms with Crippen LogP contribution >= 0.6 is 0 Å². The number of benzene rings is 1. The lowest BCUT2D eigenvalue weighted by atomic mass is 10.0. The maximum atomic E-state index is 5.27. The Hall–Kier alpha value is -1.61. The second-order valence-electron chi connectivity index (χ2n) is 4.83. The Morgan fingerprint density at radius 2 is 2.00 bits per heavy atom. The maximum absolute atomic E-state index is 5.27. The molecule has 0 amide bonds. The van der Waals surface area contributed by atoms with E-state index in [1.807, 2.05) is 30.5 Å². The van der Waals surface area contributed by atoms with E-state index in [0.717, 1.165) is 16.6 Å². The molecule has 3 heteroatoms. The number of hydrogen-bond acceptors (Lipinski definition) is 3.